The summed E-state index contributed by atoms with van der Waals surface area (Å²) in [4.78, 5) is 0.555. The Labute approximate surface area is 120 Å². The van der Waals surface area contributed by atoms with Crippen molar-refractivity contribution in [1.82, 2.24) is 0 Å². The average Bonchev–Trinajstić information content (AvgIpc) is 2.32. The van der Waals surface area contributed by atoms with E-state index in [4.69, 9.17) is 0 Å². The van der Waals surface area contributed by atoms with E-state index in [0.29, 0.717) is 22.6 Å². The van der Waals surface area contributed by atoms with E-state index in [1.165, 1.54) is 18.4 Å². The third kappa shape index (κ3) is 2.52. The van der Waals surface area contributed by atoms with Crippen molar-refractivity contribution in [2.45, 2.75) is 70.0 Å². The molecule has 0 N–H and O–H groups in total. The molecule has 0 fully saturated rings. The number of halogens is 1. The van der Waals surface area contributed by atoms with Crippen molar-refractivity contribution in [1.29, 1.82) is 0 Å². The second-order valence-corrected chi connectivity index (χ2v) is 7.47. The van der Waals surface area contributed by atoms with Crippen molar-refractivity contribution in [2.24, 2.45) is 0 Å². The SMILES string of the molecule is CC(C)c1cc(C(C)C)c2c(c1)C(Br)CCC2C. The van der Waals surface area contributed by atoms with E-state index < -0.39 is 0 Å². The van der Waals surface area contributed by atoms with Crippen molar-refractivity contribution in [3.8, 4) is 0 Å². The van der Waals surface area contributed by atoms with Crippen LogP contribution in [0.15, 0.2) is 12.1 Å². The van der Waals surface area contributed by atoms with Crippen LogP contribution in [0, 0.1) is 0 Å². The summed E-state index contributed by atoms with van der Waals surface area (Å²) in [7, 11) is 0. The molecule has 0 saturated heterocycles. The van der Waals surface area contributed by atoms with E-state index in [1.807, 2.05) is 0 Å². The molecule has 1 aliphatic rings. The number of rotatable bonds is 2. The average molecular weight is 309 g/mol. The van der Waals surface area contributed by atoms with E-state index in [-0.39, 0.29) is 0 Å². The number of hydrogen-bond acceptors (Lipinski definition) is 0. The zero-order chi connectivity index (χ0) is 13.4. The van der Waals surface area contributed by atoms with Gasteiger partial charge in [-0.1, -0.05) is 62.7 Å². The molecule has 1 aliphatic carbocycles. The van der Waals surface area contributed by atoms with Gasteiger partial charge in [-0.2, -0.15) is 0 Å². The fourth-order valence-corrected chi connectivity index (χ4v) is 3.70. The molecule has 0 aliphatic heterocycles. The molecule has 0 amide bonds. The smallest absolute Gasteiger partial charge is 0.0398 e. The summed E-state index contributed by atoms with van der Waals surface area (Å²) in [5.41, 5.74) is 6.26. The van der Waals surface area contributed by atoms with E-state index >= 15 is 0 Å². The van der Waals surface area contributed by atoms with Crippen LogP contribution in [0.25, 0.3) is 0 Å². The Morgan fingerprint density at radius 1 is 1.06 bits per heavy atom. The van der Waals surface area contributed by atoms with Crippen molar-refractivity contribution < 1.29 is 0 Å². The maximum atomic E-state index is 3.88. The molecule has 100 valence electrons. The Balaban J connectivity index is 2.64. The zero-order valence-corrected chi connectivity index (χ0v) is 13.8. The molecule has 2 rings (SSSR count). The first-order chi connectivity index (χ1) is 8.41. The van der Waals surface area contributed by atoms with Gasteiger partial charge in [0.25, 0.3) is 0 Å². The van der Waals surface area contributed by atoms with Gasteiger partial charge in [0.1, 0.15) is 0 Å². The molecule has 0 heterocycles. The Morgan fingerprint density at radius 3 is 2.28 bits per heavy atom. The van der Waals surface area contributed by atoms with E-state index in [0.717, 1.165) is 0 Å². The molecular weight excluding hydrogens is 284 g/mol. The zero-order valence-electron chi connectivity index (χ0n) is 12.3. The van der Waals surface area contributed by atoms with Crippen LogP contribution in [-0.4, -0.2) is 0 Å². The van der Waals surface area contributed by atoms with Crippen molar-refractivity contribution in [3.63, 3.8) is 0 Å². The summed E-state index contributed by atoms with van der Waals surface area (Å²) < 4.78 is 0. The second kappa shape index (κ2) is 5.36. The highest BCUT2D eigenvalue weighted by Crippen LogP contribution is 2.45. The Kier molecular flexibility index (Phi) is 4.21. The third-order valence-electron chi connectivity index (χ3n) is 4.24. The minimum absolute atomic E-state index is 0.555. The van der Waals surface area contributed by atoms with Crippen LogP contribution in [0.1, 0.15) is 92.3 Å². The van der Waals surface area contributed by atoms with Crippen LogP contribution in [0.3, 0.4) is 0 Å². The lowest BCUT2D eigenvalue weighted by molar-refractivity contribution is 0.575. The molecule has 0 radical (unpaired) electrons. The molecule has 0 bridgehead atoms. The van der Waals surface area contributed by atoms with Gasteiger partial charge in [-0.05, 0) is 52.8 Å². The minimum atomic E-state index is 0.555. The topological polar surface area (TPSA) is 0 Å². The van der Waals surface area contributed by atoms with E-state index in [1.54, 1.807) is 16.7 Å². The van der Waals surface area contributed by atoms with Gasteiger partial charge >= 0.3 is 0 Å². The quantitative estimate of drug-likeness (QED) is 0.565. The predicted molar refractivity (Wildman–Crippen MR) is 83.9 cm³/mol. The lowest BCUT2D eigenvalue weighted by Crippen LogP contribution is -2.14. The maximum Gasteiger partial charge on any atom is 0.0398 e. The van der Waals surface area contributed by atoms with Crippen molar-refractivity contribution in [2.75, 3.05) is 0 Å². The first-order valence-corrected chi connectivity index (χ1v) is 8.15. The fraction of sp³-hybridized carbons (Fsp3) is 0.647. The lowest BCUT2D eigenvalue weighted by atomic mass is 9.77. The van der Waals surface area contributed by atoms with Gasteiger partial charge < -0.3 is 0 Å². The molecule has 18 heavy (non-hydrogen) atoms. The lowest BCUT2D eigenvalue weighted by Gasteiger charge is -2.31. The van der Waals surface area contributed by atoms with Crippen LogP contribution >= 0.6 is 15.9 Å². The third-order valence-corrected chi connectivity index (χ3v) is 5.19. The molecule has 2 atom stereocenters. The van der Waals surface area contributed by atoms with Crippen LogP contribution < -0.4 is 0 Å². The van der Waals surface area contributed by atoms with Gasteiger partial charge in [-0.3, -0.25) is 0 Å². The van der Waals surface area contributed by atoms with Crippen LogP contribution in [0.5, 0.6) is 0 Å². The highest BCUT2D eigenvalue weighted by atomic mass is 79.9. The second-order valence-electron chi connectivity index (χ2n) is 6.37. The first kappa shape index (κ1) is 14.1. The molecule has 0 aromatic heterocycles. The van der Waals surface area contributed by atoms with Crippen LogP contribution in [-0.2, 0) is 0 Å². The number of benzene rings is 1. The Hall–Kier alpha value is -0.300. The first-order valence-electron chi connectivity index (χ1n) is 7.23. The maximum absolute atomic E-state index is 3.88. The van der Waals surface area contributed by atoms with Crippen LogP contribution in [0.4, 0.5) is 0 Å². The number of alkyl halides is 1. The molecule has 0 nitrogen and oxygen atoms in total. The monoisotopic (exact) mass is 308 g/mol. The minimum Gasteiger partial charge on any atom is -0.0839 e. The number of hydrogen-bond donors (Lipinski definition) is 0. The molecule has 0 saturated carbocycles. The summed E-state index contributed by atoms with van der Waals surface area (Å²) >= 11 is 3.88. The highest BCUT2D eigenvalue weighted by molar-refractivity contribution is 9.09. The van der Waals surface area contributed by atoms with Gasteiger partial charge in [0, 0.05) is 4.83 Å². The summed E-state index contributed by atoms with van der Waals surface area (Å²) in [5, 5.41) is 0. The molecule has 2 unspecified atom stereocenters. The Morgan fingerprint density at radius 2 is 1.72 bits per heavy atom. The normalized spacial score (nSPS) is 23.6. The van der Waals surface area contributed by atoms with Crippen molar-refractivity contribution >= 4 is 15.9 Å². The van der Waals surface area contributed by atoms with E-state index in [9.17, 15) is 0 Å². The van der Waals surface area contributed by atoms with Crippen LogP contribution in [0.2, 0.25) is 0 Å². The molecule has 1 heteroatoms. The van der Waals surface area contributed by atoms with Gasteiger partial charge in [0.15, 0.2) is 0 Å². The van der Waals surface area contributed by atoms with Gasteiger partial charge in [-0.15, -0.1) is 0 Å². The highest BCUT2D eigenvalue weighted by Gasteiger charge is 2.27. The molecule has 0 spiro atoms. The number of fused-ring (bicyclic) bond motifs is 1. The Bertz CT molecular complexity index is 414. The predicted octanol–water partition coefficient (Wildman–Crippen LogP) is 6.27. The standard InChI is InChI=1S/C17H25Br/c1-10(2)13-8-14(11(3)4)17-12(5)6-7-16(18)15(17)9-13/h8-12,16H,6-7H2,1-5H3. The molecule has 1 aromatic carbocycles. The van der Waals surface area contributed by atoms with Gasteiger partial charge in [0.05, 0.1) is 0 Å². The largest absolute Gasteiger partial charge is 0.0839 e. The summed E-state index contributed by atoms with van der Waals surface area (Å²) in [6, 6.07) is 4.90. The van der Waals surface area contributed by atoms with Gasteiger partial charge in [-0.25, -0.2) is 0 Å². The molecular formula is C17H25Br. The van der Waals surface area contributed by atoms with Gasteiger partial charge in [0.2, 0.25) is 0 Å². The molecule has 1 aromatic rings. The van der Waals surface area contributed by atoms with E-state index in [2.05, 4.69) is 62.7 Å². The summed E-state index contributed by atoms with van der Waals surface area (Å²) in [6.45, 7) is 11.6. The fourth-order valence-electron chi connectivity index (χ4n) is 3.06. The summed E-state index contributed by atoms with van der Waals surface area (Å²) in [5.74, 6) is 1.95. The summed E-state index contributed by atoms with van der Waals surface area (Å²) in [6.07, 6.45) is 2.58. The van der Waals surface area contributed by atoms with Crippen molar-refractivity contribution in [3.05, 3.63) is 34.4 Å².